The van der Waals surface area contributed by atoms with Gasteiger partial charge in [0.25, 0.3) is 5.56 Å². The fraction of sp³-hybridized carbons (Fsp3) is 0.632. The molecule has 6 nitrogen and oxygen atoms in total. The summed E-state index contributed by atoms with van der Waals surface area (Å²) in [4.78, 5) is 30.9. The first-order chi connectivity index (χ1) is 12.5. The number of aromatic nitrogens is 2. The Morgan fingerprint density at radius 2 is 2.15 bits per heavy atom. The van der Waals surface area contributed by atoms with Crippen molar-refractivity contribution in [2.45, 2.75) is 59.1 Å². The van der Waals surface area contributed by atoms with E-state index < -0.39 is 0 Å². The fourth-order valence-electron chi connectivity index (χ4n) is 3.52. The molecule has 1 aliphatic rings. The standard InChI is InChI=1S/C19H27N3O3S/c1-12-6-4-5-7-15(12)25-9-8-20-16(23)10-22-11-21-18-17(19(22)24)13(2)14(3)26-18/h11-12,15H,4-10H2,1-3H3,(H,20,23)/t12-,15-/m1/s1. The van der Waals surface area contributed by atoms with Crippen molar-refractivity contribution in [3.8, 4) is 0 Å². The Morgan fingerprint density at radius 1 is 1.38 bits per heavy atom. The van der Waals surface area contributed by atoms with E-state index in [-0.39, 0.29) is 18.0 Å². The highest BCUT2D eigenvalue weighted by Gasteiger charge is 2.21. The highest BCUT2D eigenvalue weighted by Crippen LogP contribution is 2.26. The van der Waals surface area contributed by atoms with Crippen molar-refractivity contribution in [2.24, 2.45) is 5.92 Å². The molecule has 26 heavy (non-hydrogen) atoms. The molecule has 2 heterocycles. The fourth-order valence-corrected chi connectivity index (χ4v) is 4.51. The Labute approximate surface area is 157 Å². The molecular weight excluding hydrogens is 350 g/mol. The summed E-state index contributed by atoms with van der Waals surface area (Å²) in [5.74, 6) is 0.395. The summed E-state index contributed by atoms with van der Waals surface area (Å²) in [7, 11) is 0. The predicted octanol–water partition coefficient (Wildman–Crippen LogP) is 2.79. The second kappa shape index (κ2) is 8.31. The Bertz CT molecular complexity index is 842. The molecule has 0 saturated heterocycles. The molecule has 1 amide bonds. The molecule has 0 aliphatic heterocycles. The Morgan fingerprint density at radius 3 is 2.92 bits per heavy atom. The van der Waals surface area contributed by atoms with Crippen LogP contribution in [0.2, 0.25) is 0 Å². The lowest BCUT2D eigenvalue weighted by atomic mass is 9.88. The third-order valence-electron chi connectivity index (χ3n) is 5.26. The van der Waals surface area contributed by atoms with Crippen LogP contribution in [0.5, 0.6) is 0 Å². The number of rotatable bonds is 6. The quantitative estimate of drug-likeness (QED) is 0.786. The van der Waals surface area contributed by atoms with Gasteiger partial charge in [-0.25, -0.2) is 4.98 Å². The van der Waals surface area contributed by atoms with Gasteiger partial charge in [-0.15, -0.1) is 11.3 Å². The minimum absolute atomic E-state index is 0.0179. The zero-order valence-electron chi connectivity index (χ0n) is 15.7. The van der Waals surface area contributed by atoms with E-state index in [0.717, 1.165) is 21.7 Å². The Balaban J connectivity index is 1.52. The average Bonchev–Trinajstić information content (AvgIpc) is 2.91. The van der Waals surface area contributed by atoms with Gasteiger partial charge in [0.2, 0.25) is 5.91 Å². The van der Waals surface area contributed by atoms with Crippen LogP contribution in [-0.4, -0.2) is 34.7 Å². The molecule has 1 N–H and O–H groups in total. The summed E-state index contributed by atoms with van der Waals surface area (Å²) in [6.45, 7) is 7.08. The molecule has 1 saturated carbocycles. The van der Waals surface area contributed by atoms with E-state index in [1.807, 2.05) is 13.8 Å². The number of nitrogens with zero attached hydrogens (tertiary/aromatic N) is 2. The minimum atomic E-state index is -0.196. The Hall–Kier alpha value is -1.73. The summed E-state index contributed by atoms with van der Waals surface area (Å²) in [6.07, 6.45) is 6.60. The molecule has 1 aliphatic carbocycles. The molecule has 2 atom stereocenters. The van der Waals surface area contributed by atoms with Crippen molar-refractivity contribution in [1.29, 1.82) is 0 Å². The topological polar surface area (TPSA) is 73.2 Å². The predicted molar refractivity (Wildman–Crippen MR) is 104 cm³/mol. The third-order valence-corrected chi connectivity index (χ3v) is 6.37. The van der Waals surface area contributed by atoms with Gasteiger partial charge in [-0.3, -0.25) is 14.2 Å². The van der Waals surface area contributed by atoms with Crippen molar-refractivity contribution in [3.05, 3.63) is 27.1 Å². The molecule has 3 rings (SSSR count). The number of fused-ring (bicyclic) bond motifs is 1. The zero-order valence-corrected chi connectivity index (χ0v) is 16.5. The lowest BCUT2D eigenvalue weighted by molar-refractivity contribution is -0.122. The van der Waals surface area contributed by atoms with Crippen molar-refractivity contribution in [3.63, 3.8) is 0 Å². The van der Waals surface area contributed by atoms with Crippen LogP contribution in [0.1, 0.15) is 43.0 Å². The maximum absolute atomic E-state index is 12.6. The van der Waals surface area contributed by atoms with Crippen molar-refractivity contribution >= 4 is 27.5 Å². The summed E-state index contributed by atoms with van der Waals surface area (Å²) in [5, 5.41) is 3.45. The van der Waals surface area contributed by atoms with Gasteiger partial charge in [0, 0.05) is 11.4 Å². The highest BCUT2D eigenvalue weighted by atomic mass is 32.1. The molecule has 0 spiro atoms. The lowest BCUT2D eigenvalue weighted by Gasteiger charge is -2.28. The van der Waals surface area contributed by atoms with Crippen LogP contribution in [0.25, 0.3) is 10.2 Å². The summed E-state index contributed by atoms with van der Waals surface area (Å²) < 4.78 is 7.28. The second-order valence-electron chi connectivity index (χ2n) is 7.16. The van der Waals surface area contributed by atoms with Crippen LogP contribution in [0.3, 0.4) is 0 Å². The van der Waals surface area contributed by atoms with Gasteiger partial charge in [-0.05, 0) is 38.2 Å². The summed E-state index contributed by atoms with van der Waals surface area (Å²) in [5.41, 5.74) is 0.798. The third kappa shape index (κ3) is 4.15. The molecule has 0 radical (unpaired) electrons. The van der Waals surface area contributed by atoms with Crippen LogP contribution in [-0.2, 0) is 16.1 Å². The van der Waals surface area contributed by atoms with Gasteiger partial charge < -0.3 is 10.1 Å². The van der Waals surface area contributed by atoms with Gasteiger partial charge in [0.15, 0.2) is 0 Å². The van der Waals surface area contributed by atoms with Crippen LogP contribution in [0, 0.1) is 19.8 Å². The van der Waals surface area contributed by atoms with E-state index in [4.69, 9.17) is 4.74 Å². The molecule has 2 aromatic rings. The number of nitrogens with one attached hydrogen (secondary N) is 1. The first kappa shape index (κ1) is 19.0. The normalized spacial score (nSPS) is 20.4. The smallest absolute Gasteiger partial charge is 0.262 e. The maximum Gasteiger partial charge on any atom is 0.262 e. The number of hydrogen-bond donors (Lipinski definition) is 1. The second-order valence-corrected chi connectivity index (χ2v) is 8.37. The van der Waals surface area contributed by atoms with Gasteiger partial charge in [0.05, 0.1) is 24.4 Å². The van der Waals surface area contributed by atoms with Gasteiger partial charge in [0.1, 0.15) is 11.4 Å². The molecule has 7 heteroatoms. The van der Waals surface area contributed by atoms with E-state index in [0.29, 0.717) is 30.6 Å². The molecule has 2 aromatic heterocycles. The lowest BCUT2D eigenvalue weighted by Crippen LogP contribution is -2.35. The van der Waals surface area contributed by atoms with Crippen LogP contribution in [0.15, 0.2) is 11.1 Å². The van der Waals surface area contributed by atoms with E-state index in [1.165, 1.54) is 41.5 Å². The number of ether oxygens (including phenoxy) is 1. The molecule has 1 fully saturated rings. The first-order valence-corrected chi connectivity index (χ1v) is 10.1. The largest absolute Gasteiger partial charge is 0.376 e. The number of carbonyl (C=O) groups is 1. The number of aryl methyl sites for hydroxylation is 2. The van der Waals surface area contributed by atoms with E-state index in [2.05, 4.69) is 17.2 Å². The molecule has 0 bridgehead atoms. The average molecular weight is 378 g/mol. The molecule has 0 unspecified atom stereocenters. The number of hydrogen-bond acceptors (Lipinski definition) is 5. The van der Waals surface area contributed by atoms with Gasteiger partial charge in [-0.1, -0.05) is 19.8 Å². The zero-order chi connectivity index (χ0) is 18.7. The van der Waals surface area contributed by atoms with Crippen molar-refractivity contribution < 1.29 is 9.53 Å². The maximum atomic E-state index is 12.6. The monoisotopic (exact) mass is 377 g/mol. The minimum Gasteiger partial charge on any atom is -0.376 e. The first-order valence-electron chi connectivity index (χ1n) is 9.31. The van der Waals surface area contributed by atoms with E-state index in [1.54, 1.807) is 0 Å². The SMILES string of the molecule is Cc1sc2ncn(CC(=O)NCCO[C@@H]3CCCC[C@H]3C)c(=O)c2c1C. The van der Waals surface area contributed by atoms with Gasteiger partial charge in [-0.2, -0.15) is 0 Å². The number of carbonyl (C=O) groups excluding carboxylic acids is 1. The summed E-state index contributed by atoms with van der Waals surface area (Å²) >= 11 is 1.51. The van der Waals surface area contributed by atoms with Crippen molar-refractivity contribution in [1.82, 2.24) is 14.9 Å². The number of thiophene rings is 1. The summed E-state index contributed by atoms with van der Waals surface area (Å²) in [6, 6.07) is 0. The van der Waals surface area contributed by atoms with Crippen LogP contribution < -0.4 is 10.9 Å². The van der Waals surface area contributed by atoms with E-state index in [9.17, 15) is 9.59 Å². The van der Waals surface area contributed by atoms with Crippen LogP contribution >= 0.6 is 11.3 Å². The molecule has 0 aromatic carbocycles. The molecular formula is C19H27N3O3S. The Kier molecular flexibility index (Phi) is 6.09. The van der Waals surface area contributed by atoms with Gasteiger partial charge >= 0.3 is 0 Å². The van der Waals surface area contributed by atoms with E-state index >= 15 is 0 Å². The number of amides is 1. The highest BCUT2D eigenvalue weighted by molar-refractivity contribution is 7.18. The van der Waals surface area contributed by atoms with Crippen LogP contribution in [0.4, 0.5) is 0 Å². The molecule has 142 valence electrons. The van der Waals surface area contributed by atoms with Crippen molar-refractivity contribution in [2.75, 3.05) is 13.2 Å².